The van der Waals surface area contributed by atoms with Crippen LogP contribution in [0, 0.1) is 0 Å². The van der Waals surface area contributed by atoms with E-state index in [9.17, 15) is 0 Å². The SMILES string of the molecule is c1ccc(COc2cncc(-c3ccc4[nH]nc(-c5nc6nccc(-c7cccs7)c6[nH]5)c4c3)c2)cc1. The average molecular weight is 501 g/mol. The van der Waals surface area contributed by atoms with Crippen molar-refractivity contribution >= 4 is 33.4 Å². The number of aromatic nitrogens is 6. The van der Waals surface area contributed by atoms with E-state index in [1.807, 2.05) is 60.8 Å². The van der Waals surface area contributed by atoms with Gasteiger partial charge in [0, 0.05) is 33.8 Å². The predicted molar refractivity (Wildman–Crippen MR) is 146 cm³/mol. The van der Waals surface area contributed by atoms with Gasteiger partial charge in [-0.3, -0.25) is 10.1 Å². The summed E-state index contributed by atoms with van der Waals surface area (Å²) in [5.41, 5.74) is 7.41. The van der Waals surface area contributed by atoms with Crippen molar-refractivity contribution in [1.29, 1.82) is 0 Å². The van der Waals surface area contributed by atoms with E-state index in [0.29, 0.717) is 18.1 Å². The molecule has 2 N–H and O–H groups in total. The predicted octanol–water partition coefficient (Wildman–Crippen LogP) is 6.87. The zero-order chi connectivity index (χ0) is 24.6. The Balaban J connectivity index is 1.24. The Bertz CT molecular complexity index is 1840. The summed E-state index contributed by atoms with van der Waals surface area (Å²) in [5.74, 6) is 1.39. The van der Waals surface area contributed by atoms with Crippen LogP contribution < -0.4 is 4.74 Å². The molecular formula is C29H20N6OS. The Labute approximate surface area is 215 Å². The van der Waals surface area contributed by atoms with Crippen LogP contribution in [-0.4, -0.2) is 30.1 Å². The van der Waals surface area contributed by atoms with Crippen LogP contribution in [0.4, 0.5) is 0 Å². The van der Waals surface area contributed by atoms with Gasteiger partial charge in [0.15, 0.2) is 11.5 Å². The summed E-state index contributed by atoms with van der Waals surface area (Å²) in [6, 6.07) is 24.4. The largest absolute Gasteiger partial charge is 0.487 e. The highest BCUT2D eigenvalue weighted by Gasteiger charge is 2.16. The maximum Gasteiger partial charge on any atom is 0.178 e. The highest BCUT2D eigenvalue weighted by molar-refractivity contribution is 7.13. The molecule has 0 radical (unpaired) electrons. The van der Waals surface area contributed by atoms with Crippen molar-refractivity contribution in [3.05, 3.63) is 102 Å². The van der Waals surface area contributed by atoms with Gasteiger partial charge >= 0.3 is 0 Å². The first kappa shape index (κ1) is 21.5. The van der Waals surface area contributed by atoms with Gasteiger partial charge in [0.25, 0.3) is 0 Å². The van der Waals surface area contributed by atoms with Gasteiger partial charge in [-0.05, 0) is 46.8 Å². The molecule has 0 aliphatic carbocycles. The molecule has 7 rings (SSSR count). The number of aromatic amines is 2. The number of nitrogens with one attached hydrogen (secondary N) is 2. The van der Waals surface area contributed by atoms with Gasteiger partial charge in [-0.2, -0.15) is 5.10 Å². The van der Waals surface area contributed by atoms with Gasteiger partial charge in [0.1, 0.15) is 18.1 Å². The molecule has 0 bridgehead atoms. The molecule has 0 unspecified atom stereocenters. The number of hydrogen-bond donors (Lipinski definition) is 2. The summed E-state index contributed by atoms with van der Waals surface area (Å²) in [7, 11) is 0. The van der Waals surface area contributed by atoms with E-state index < -0.39 is 0 Å². The van der Waals surface area contributed by atoms with E-state index in [-0.39, 0.29) is 0 Å². The number of H-pyrrole nitrogens is 2. The zero-order valence-electron chi connectivity index (χ0n) is 19.6. The minimum Gasteiger partial charge on any atom is -0.487 e. The van der Waals surface area contributed by atoms with Crippen molar-refractivity contribution in [3.8, 4) is 38.8 Å². The van der Waals surface area contributed by atoms with Gasteiger partial charge in [0.2, 0.25) is 0 Å². The second kappa shape index (κ2) is 9.00. The molecular weight excluding hydrogens is 480 g/mol. The van der Waals surface area contributed by atoms with E-state index in [1.165, 1.54) is 4.88 Å². The lowest BCUT2D eigenvalue weighted by Crippen LogP contribution is -1.95. The summed E-state index contributed by atoms with van der Waals surface area (Å²) in [6.45, 7) is 0.491. The number of ether oxygens (including phenoxy) is 1. The van der Waals surface area contributed by atoms with Gasteiger partial charge in [-0.1, -0.05) is 42.5 Å². The number of nitrogens with zero attached hydrogens (tertiary/aromatic N) is 4. The third kappa shape index (κ3) is 4.03. The summed E-state index contributed by atoms with van der Waals surface area (Å²) in [5, 5.41) is 10.7. The topological polar surface area (TPSA) is 92.4 Å². The molecule has 0 fully saturated rings. The monoisotopic (exact) mass is 500 g/mol. The average Bonchev–Trinajstić information content (AvgIpc) is 3.71. The Morgan fingerprint density at radius 1 is 0.892 bits per heavy atom. The van der Waals surface area contributed by atoms with Crippen molar-refractivity contribution in [2.24, 2.45) is 0 Å². The molecule has 8 heteroatoms. The molecule has 2 aromatic carbocycles. The fourth-order valence-electron chi connectivity index (χ4n) is 4.43. The van der Waals surface area contributed by atoms with Gasteiger partial charge in [-0.25, -0.2) is 9.97 Å². The summed E-state index contributed by atoms with van der Waals surface area (Å²) >= 11 is 1.69. The summed E-state index contributed by atoms with van der Waals surface area (Å²) in [6.07, 6.45) is 5.37. The van der Waals surface area contributed by atoms with E-state index in [4.69, 9.17) is 9.72 Å². The molecule has 178 valence electrons. The summed E-state index contributed by atoms with van der Waals surface area (Å²) < 4.78 is 5.99. The third-order valence-electron chi connectivity index (χ3n) is 6.26. The van der Waals surface area contributed by atoms with E-state index >= 15 is 0 Å². The molecule has 0 saturated carbocycles. The fraction of sp³-hybridized carbons (Fsp3) is 0.0345. The van der Waals surface area contributed by atoms with E-state index in [1.54, 1.807) is 23.7 Å². The van der Waals surface area contributed by atoms with Gasteiger partial charge in [0.05, 0.1) is 17.2 Å². The standard InChI is InChI=1S/C29H20N6OS/c1-2-5-18(6-3-1)17-36-21-13-20(15-30-16-21)19-8-9-24-23(14-19)27(35-34-24)29-32-26-22(25-7-4-12-37-25)10-11-31-28(26)33-29/h1-16H,17H2,(H,34,35)(H,31,32,33). The lowest BCUT2D eigenvalue weighted by atomic mass is 10.0. The van der Waals surface area contributed by atoms with Crippen molar-refractivity contribution < 1.29 is 4.74 Å². The molecule has 0 amide bonds. The molecule has 0 aliphatic rings. The normalized spacial score (nSPS) is 11.4. The molecule has 5 heterocycles. The first-order chi connectivity index (χ1) is 18.3. The van der Waals surface area contributed by atoms with E-state index in [0.717, 1.165) is 50.1 Å². The minimum atomic E-state index is 0.491. The lowest BCUT2D eigenvalue weighted by Gasteiger charge is -2.08. The minimum absolute atomic E-state index is 0.491. The molecule has 7 aromatic rings. The molecule has 5 aromatic heterocycles. The number of thiophene rings is 1. The first-order valence-electron chi connectivity index (χ1n) is 11.8. The maximum atomic E-state index is 5.99. The first-order valence-corrected chi connectivity index (χ1v) is 12.7. The number of hydrogen-bond acceptors (Lipinski definition) is 6. The molecule has 0 spiro atoms. The Morgan fingerprint density at radius 2 is 1.84 bits per heavy atom. The number of rotatable bonds is 6. The molecule has 7 nitrogen and oxygen atoms in total. The Kier molecular flexibility index (Phi) is 5.22. The van der Waals surface area contributed by atoms with Crippen LogP contribution in [0.2, 0.25) is 0 Å². The van der Waals surface area contributed by atoms with Crippen LogP contribution in [0.1, 0.15) is 5.56 Å². The van der Waals surface area contributed by atoms with Crippen LogP contribution in [0.25, 0.3) is 55.2 Å². The number of fused-ring (bicyclic) bond motifs is 2. The maximum absolute atomic E-state index is 5.99. The third-order valence-corrected chi connectivity index (χ3v) is 7.16. The second-order valence-electron chi connectivity index (χ2n) is 8.64. The Hall–Kier alpha value is -4.82. The number of imidazole rings is 1. The van der Waals surface area contributed by atoms with Crippen molar-refractivity contribution in [3.63, 3.8) is 0 Å². The molecule has 0 atom stereocenters. The van der Waals surface area contributed by atoms with Crippen LogP contribution in [0.15, 0.2) is 96.8 Å². The van der Waals surface area contributed by atoms with Crippen molar-refractivity contribution in [2.75, 3.05) is 0 Å². The quantitative estimate of drug-likeness (QED) is 0.260. The van der Waals surface area contributed by atoms with Crippen LogP contribution in [-0.2, 0) is 6.61 Å². The van der Waals surface area contributed by atoms with Crippen LogP contribution in [0.5, 0.6) is 5.75 Å². The van der Waals surface area contributed by atoms with Crippen LogP contribution in [0.3, 0.4) is 0 Å². The molecule has 0 aliphatic heterocycles. The highest BCUT2D eigenvalue weighted by atomic mass is 32.1. The van der Waals surface area contributed by atoms with Crippen molar-refractivity contribution in [2.45, 2.75) is 6.61 Å². The van der Waals surface area contributed by atoms with E-state index in [2.05, 4.69) is 48.7 Å². The summed E-state index contributed by atoms with van der Waals surface area (Å²) in [4.78, 5) is 18.3. The highest BCUT2D eigenvalue weighted by Crippen LogP contribution is 2.34. The molecule has 0 saturated heterocycles. The number of pyridine rings is 2. The zero-order valence-corrected chi connectivity index (χ0v) is 20.4. The van der Waals surface area contributed by atoms with Gasteiger partial charge < -0.3 is 9.72 Å². The lowest BCUT2D eigenvalue weighted by molar-refractivity contribution is 0.305. The Morgan fingerprint density at radius 3 is 2.73 bits per heavy atom. The van der Waals surface area contributed by atoms with Crippen LogP contribution >= 0.6 is 11.3 Å². The van der Waals surface area contributed by atoms with Gasteiger partial charge in [-0.15, -0.1) is 11.3 Å². The number of benzene rings is 2. The molecule has 37 heavy (non-hydrogen) atoms. The second-order valence-corrected chi connectivity index (χ2v) is 9.58. The smallest absolute Gasteiger partial charge is 0.178 e. The fourth-order valence-corrected chi connectivity index (χ4v) is 5.19. The van der Waals surface area contributed by atoms with Crippen molar-refractivity contribution in [1.82, 2.24) is 30.1 Å².